The molecule has 35 heavy (non-hydrogen) atoms. The van der Waals surface area contributed by atoms with Crippen LogP contribution in [0.2, 0.25) is 0 Å². The second kappa shape index (κ2) is 9.50. The monoisotopic (exact) mass is 469 g/mol. The lowest BCUT2D eigenvalue weighted by atomic mass is 9.84. The number of carbonyl (C=O) groups is 1. The van der Waals surface area contributed by atoms with Gasteiger partial charge in [-0.05, 0) is 55.1 Å². The number of ether oxygens (including phenoxy) is 1. The predicted molar refractivity (Wildman–Crippen MR) is 139 cm³/mol. The third-order valence-corrected chi connectivity index (χ3v) is 6.92. The molecular formula is C28H31N5O2. The van der Waals surface area contributed by atoms with Crippen molar-refractivity contribution in [1.82, 2.24) is 19.7 Å². The van der Waals surface area contributed by atoms with E-state index in [2.05, 4.69) is 39.5 Å². The highest BCUT2D eigenvalue weighted by atomic mass is 16.5. The third-order valence-electron chi connectivity index (χ3n) is 6.92. The highest BCUT2D eigenvalue weighted by Crippen LogP contribution is 2.36. The summed E-state index contributed by atoms with van der Waals surface area (Å²) in [6.45, 7) is 3.83. The van der Waals surface area contributed by atoms with Gasteiger partial charge in [0.05, 0.1) is 12.8 Å². The van der Waals surface area contributed by atoms with Crippen LogP contribution in [-0.4, -0.2) is 52.7 Å². The number of methoxy groups -OCH3 is 1. The molecule has 1 aliphatic heterocycles. The molecule has 1 saturated heterocycles. The van der Waals surface area contributed by atoms with Crippen LogP contribution in [0.4, 0.5) is 11.6 Å². The fourth-order valence-corrected chi connectivity index (χ4v) is 5.12. The molecule has 2 aromatic carbocycles. The van der Waals surface area contributed by atoms with Crippen LogP contribution in [0.1, 0.15) is 34.0 Å². The van der Waals surface area contributed by atoms with E-state index in [0.29, 0.717) is 12.3 Å². The number of aromatic nitrogens is 3. The van der Waals surface area contributed by atoms with Crippen molar-refractivity contribution in [2.45, 2.75) is 19.3 Å². The van der Waals surface area contributed by atoms with Crippen molar-refractivity contribution >= 4 is 28.2 Å². The van der Waals surface area contributed by atoms with Crippen molar-refractivity contribution in [3.8, 4) is 5.75 Å². The summed E-state index contributed by atoms with van der Waals surface area (Å²) in [5.41, 5.74) is 2.95. The number of benzene rings is 2. The van der Waals surface area contributed by atoms with Crippen molar-refractivity contribution in [3.63, 3.8) is 0 Å². The number of nitrogens with one attached hydrogen (secondary N) is 1. The van der Waals surface area contributed by atoms with Crippen LogP contribution in [0.5, 0.6) is 5.75 Å². The van der Waals surface area contributed by atoms with Gasteiger partial charge in [-0.25, -0.2) is 4.98 Å². The van der Waals surface area contributed by atoms with Crippen LogP contribution >= 0.6 is 0 Å². The molecule has 1 N–H and O–H groups in total. The second-order valence-electron chi connectivity index (χ2n) is 9.54. The zero-order valence-corrected chi connectivity index (χ0v) is 20.7. The molecule has 4 aromatic rings. The normalized spacial score (nSPS) is 18.2. The van der Waals surface area contributed by atoms with E-state index < -0.39 is 0 Å². The summed E-state index contributed by atoms with van der Waals surface area (Å²) in [6, 6.07) is 18.1. The lowest BCUT2D eigenvalue weighted by Gasteiger charge is -2.19. The molecule has 0 saturated carbocycles. The first-order valence-electron chi connectivity index (χ1n) is 11.9. The molecule has 0 aliphatic carbocycles. The van der Waals surface area contributed by atoms with Crippen LogP contribution in [0.15, 0.2) is 60.8 Å². The first-order chi connectivity index (χ1) is 16.9. The minimum absolute atomic E-state index is 0.180. The summed E-state index contributed by atoms with van der Waals surface area (Å²) in [5, 5.41) is 9.68. The zero-order chi connectivity index (χ0) is 24.5. The van der Waals surface area contributed by atoms with Gasteiger partial charge in [-0.1, -0.05) is 24.3 Å². The Bertz CT molecular complexity index is 1360. The molecule has 1 aliphatic rings. The number of Topliss-reactive ketones (excluding diaryl/α,β-unsaturated/α-hetero) is 1. The Morgan fingerprint density at radius 3 is 2.57 bits per heavy atom. The minimum atomic E-state index is 0.180. The van der Waals surface area contributed by atoms with E-state index in [1.807, 2.05) is 62.6 Å². The predicted octanol–water partition coefficient (Wildman–Crippen LogP) is 4.95. The van der Waals surface area contributed by atoms with E-state index in [-0.39, 0.29) is 11.7 Å². The van der Waals surface area contributed by atoms with Crippen LogP contribution in [0.3, 0.4) is 0 Å². The number of pyridine rings is 1. The fraction of sp³-hybridized carbons (Fsp3) is 0.321. The number of ketones is 1. The molecule has 0 amide bonds. The molecule has 7 nitrogen and oxygen atoms in total. The Morgan fingerprint density at radius 1 is 1.06 bits per heavy atom. The Kier molecular flexibility index (Phi) is 6.26. The molecular weight excluding hydrogens is 438 g/mol. The van der Waals surface area contributed by atoms with Crippen molar-refractivity contribution < 1.29 is 9.53 Å². The number of rotatable bonds is 7. The van der Waals surface area contributed by atoms with Crippen molar-refractivity contribution in [3.05, 3.63) is 77.6 Å². The quantitative estimate of drug-likeness (QED) is 0.386. The minimum Gasteiger partial charge on any atom is -0.497 e. The molecule has 0 unspecified atom stereocenters. The highest BCUT2D eigenvalue weighted by Gasteiger charge is 2.33. The maximum Gasteiger partial charge on any atom is 0.163 e. The topological polar surface area (TPSA) is 72.3 Å². The Labute approximate surface area is 205 Å². The number of likely N-dealkylation sites (tertiary alicyclic amines) is 1. The summed E-state index contributed by atoms with van der Waals surface area (Å²) < 4.78 is 7.10. The average Bonchev–Trinajstić information content (AvgIpc) is 3.38. The van der Waals surface area contributed by atoms with Gasteiger partial charge in [0.25, 0.3) is 0 Å². The van der Waals surface area contributed by atoms with Gasteiger partial charge in [0.2, 0.25) is 0 Å². The second-order valence-corrected chi connectivity index (χ2v) is 9.54. The van der Waals surface area contributed by atoms with Crippen LogP contribution in [0, 0.1) is 12.8 Å². The van der Waals surface area contributed by atoms with Crippen LogP contribution < -0.4 is 10.1 Å². The fourth-order valence-electron chi connectivity index (χ4n) is 5.12. The summed E-state index contributed by atoms with van der Waals surface area (Å²) in [6.07, 6.45) is 2.36. The van der Waals surface area contributed by atoms with Crippen LogP contribution in [0.25, 0.3) is 10.8 Å². The Hall–Kier alpha value is -3.71. The van der Waals surface area contributed by atoms with Crippen molar-refractivity contribution in [1.29, 1.82) is 0 Å². The maximum atomic E-state index is 13.4. The van der Waals surface area contributed by atoms with Crippen molar-refractivity contribution in [2.24, 2.45) is 13.0 Å². The molecule has 180 valence electrons. The lowest BCUT2D eigenvalue weighted by molar-refractivity contribution is 0.0959. The Balaban J connectivity index is 1.35. The number of nitrogens with zero attached hydrogens (tertiary/aromatic N) is 4. The molecule has 1 fully saturated rings. The number of carbonyl (C=O) groups excluding carboxylic acids is 1. The number of hydrogen-bond donors (Lipinski definition) is 1. The van der Waals surface area contributed by atoms with Gasteiger partial charge in [0, 0.05) is 55.7 Å². The molecule has 0 spiro atoms. The third kappa shape index (κ3) is 4.91. The van der Waals surface area contributed by atoms with Gasteiger partial charge in [0.1, 0.15) is 17.4 Å². The zero-order valence-electron chi connectivity index (χ0n) is 20.7. The van der Waals surface area contributed by atoms with Gasteiger partial charge in [0.15, 0.2) is 5.78 Å². The maximum absolute atomic E-state index is 13.4. The van der Waals surface area contributed by atoms with E-state index in [9.17, 15) is 4.79 Å². The summed E-state index contributed by atoms with van der Waals surface area (Å²) in [5.74, 6) is 3.24. The summed E-state index contributed by atoms with van der Waals surface area (Å²) >= 11 is 0. The smallest absolute Gasteiger partial charge is 0.163 e. The van der Waals surface area contributed by atoms with E-state index in [4.69, 9.17) is 4.74 Å². The molecule has 0 radical (unpaired) electrons. The molecule has 5 rings (SSSR count). The molecule has 2 atom stereocenters. The first-order valence-corrected chi connectivity index (χ1v) is 11.9. The number of aryl methyl sites for hydroxylation is 2. The number of likely N-dealkylation sites (N-methyl/N-ethyl adjacent to an activating group) is 1. The number of hydrogen-bond acceptors (Lipinski definition) is 6. The van der Waals surface area contributed by atoms with Crippen LogP contribution in [-0.2, 0) is 7.05 Å². The molecule has 0 bridgehead atoms. The van der Waals surface area contributed by atoms with E-state index in [1.165, 1.54) is 5.56 Å². The van der Waals surface area contributed by atoms with Gasteiger partial charge in [-0.15, -0.1) is 0 Å². The Morgan fingerprint density at radius 2 is 1.86 bits per heavy atom. The largest absolute Gasteiger partial charge is 0.497 e. The highest BCUT2D eigenvalue weighted by molar-refractivity contribution is 6.00. The number of fused-ring (bicyclic) bond motifs is 1. The average molecular weight is 470 g/mol. The van der Waals surface area contributed by atoms with E-state index in [0.717, 1.165) is 52.5 Å². The van der Waals surface area contributed by atoms with Gasteiger partial charge in [-0.3, -0.25) is 9.48 Å². The lowest BCUT2D eigenvalue weighted by Crippen LogP contribution is -2.16. The van der Waals surface area contributed by atoms with Gasteiger partial charge in [-0.2, -0.15) is 5.10 Å². The molecule has 2 aromatic heterocycles. The van der Waals surface area contributed by atoms with Gasteiger partial charge >= 0.3 is 0 Å². The van der Waals surface area contributed by atoms with Gasteiger partial charge < -0.3 is 15.0 Å². The molecule has 7 heteroatoms. The summed E-state index contributed by atoms with van der Waals surface area (Å²) in [7, 11) is 5.70. The van der Waals surface area contributed by atoms with E-state index in [1.54, 1.807) is 11.8 Å². The SMILES string of the molecule is COc1ccc([C@@H]2CN(C)C[C@H]2CC(=O)c2ccc3cnc(Nc4cc(C)nn4C)cc3c2)cc1. The summed E-state index contributed by atoms with van der Waals surface area (Å²) in [4.78, 5) is 20.2. The first kappa shape index (κ1) is 23.1. The van der Waals surface area contributed by atoms with Crippen molar-refractivity contribution in [2.75, 3.05) is 32.6 Å². The standard InChI is InChI=1S/C28H31N5O2/c1-18-11-28(33(3)31-18)30-27-14-22-12-20(5-6-21(22)15-29-27)26(34)13-23-16-32(2)17-25(23)19-7-9-24(35-4)10-8-19/h5-12,14-15,23,25H,13,16-17H2,1-4H3,(H,29,30)/t23-,25+/m1/s1. The molecule has 3 heterocycles. The number of anilines is 2. The van der Waals surface area contributed by atoms with E-state index >= 15 is 0 Å².